The standard InChI is InChI=1S/C52H35N/c1-3-14-36(15-4-1)38-26-29-41(30-27-38)53(42-20-13-19-40(34-42)37-16-5-2-6-17-37)52-33-32-48(45-23-11-12-25-49(45)52)51-35-50-43-21-8-7-18-39(43)28-31-47(50)44-22-9-10-24-46(44)51/h1-35H. The van der Waals surface area contributed by atoms with Gasteiger partial charge in [0.2, 0.25) is 0 Å². The fourth-order valence-corrected chi connectivity index (χ4v) is 8.11. The van der Waals surface area contributed by atoms with Crippen molar-refractivity contribution in [3.05, 3.63) is 212 Å². The summed E-state index contributed by atoms with van der Waals surface area (Å²) in [7, 11) is 0. The number of hydrogen-bond acceptors (Lipinski definition) is 1. The summed E-state index contributed by atoms with van der Waals surface area (Å²) in [6.45, 7) is 0. The van der Waals surface area contributed by atoms with E-state index in [-0.39, 0.29) is 0 Å². The molecule has 0 aromatic heterocycles. The number of anilines is 3. The summed E-state index contributed by atoms with van der Waals surface area (Å²) in [5.41, 5.74) is 10.6. The number of benzene rings is 10. The number of rotatable bonds is 6. The molecule has 0 spiro atoms. The van der Waals surface area contributed by atoms with Crippen molar-refractivity contribution in [3.8, 4) is 33.4 Å². The highest BCUT2D eigenvalue weighted by molar-refractivity contribution is 6.22. The van der Waals surface area contributed by atoms with E-state index in [0.29, 0.717) is 0 Å². The van der Waals surface area contributed by atoms with E-state index in [4.69, 9.17) is 0 Å². The molecule has 0 saturated heterocycles. The predicted molar refractivity (Wildman–Crippen MR) is 227 cm³/mol. The number of hydrogen-bond donors (Lipinski definition) is 0. The van der Waals surface area contributed by atoms with Crippen LogP contribution in [0.25, 0.3) is 76.5 Å². The Labute approximate surface area is 309 Å². The van der Waals surface area contributed by atoms with Crippen molar-refractivity contribution in [3.63, 3.8) is 0 Å². The van der Waals surface area contributed by atoms with Crippen LogP contribution in [0.4, 0.5) is 17.1 Å². The van der Waals surface area contributed by atoms with Gasteiger partial charge in [0, 0.05) is 16.8 Å². The van der Waals surface area contributed by atoms with Crippen LogP contribution in [0.3, 0.4) is 0 Å². The third-order valence-corrected chi connectivity index (χ3v) is 10.6. The van der Waals surface area contributed by atoms with Crippen LogP contribution in [0, 0.1) is 0 Å². The van der Waals surface area contributed by atoms with Gasteiger partial charge in [-0.05, 0) is 107 Å². The zero-order valence-electron chi connectivity index (χ0n) is 29.2. The second-order valence-corrected chi connectivity index (χ2v) is 13.7. The van der Waals surface area contributed by atoms with Gasteiger partial charge in [0.25, 0.3) is 0 Å². The van der Waals surface area contributed by atoms with Crippen molar-refractivity contribution in [1.82, 2.24) is 0 Å². The van der Waals surface area contributed by atoms with Gasteiger partial charge in [-0.3, -0.25) is 0 Å². The first-order chi connectivity index (χ1) is 26.3. The molecule has 0 unspecified atom stereocenters. The Kier molecular flexibility index (Phi) is 7.55. The van der Waals surface area contributed by atoms with Gasteiger partial charge in [0.1, 0.15) is 0 Å². The van der Waals surface area contributed by atoms with E-state index in [2.05, 4.69) is 217 Å². The average Bonchev–Trinajstić information content (AvgIpc) is 3.24. The lowest BCUT2D eigenvalue weighted by Gasteiger charge is -2.28. The van der Waals surface area contributed by atoms with Crippen LogP contribution in [0.1, 0.15) is 0 Å². The first kappa shape index (κ1) is 30.8. The van der Waals surface area contributed by atoms with Crippen LogP contribution in [0.15, 0.2) is 212 Å². The van der Waals surface area contributed by atoms with Crippen molar-refractivity contribution < 1.29 is 0 Å². The van der Waals surface area contributed by atoms with Gasteiger partial charge in [-0.25, -0.2) is 0 Å². The zero-order chi connectivity index (χ0) is 35.1. The van der Waals surface area contributed by atoms with E-state index in [1.54, 1.807) is 0 Å². The summed E-state index contributed by atoms with van der Waals surface area (Å²) in [5, 5.41) is 10.1. The summed E-state index contributed by atoms with van der Waals surface area (Å²) in [5.74, 6) is 0. The molecule has 248 valence electrons. The third kappa shape index (κ3) is 5.42. The Balaban J connectivity index is 1.20. The fraction of sp³-hybridized carbons (Fsp3) is 0. The van der Waals surface area contributed by atoms with Crippen LogP contribution in [-0.2, 0) is 0 Å². The molecule has 10 aromatic carbocycles. The molecule has 53 heavy (non-hydrogen) atoms. The van der Waals surface area contributed by atoms with Gasteiger partial charge in [0.15, 0.2) is 0 Å². The van der Waals surface area contributed by atoms with Crippen LogP contribution in [0.5, 0.6) is 0 Å². The second kappa shape index (κ2) is 13.0. The lowest BCUT2D eigenvalue weighted by atomic mass is 9.88. The van der Waals surface area contributed by atoms with Gasteiger partial charge < -0.3 is 4.90 Å². The maximum Gasteiger partial charge on any atom is 0.0540 e. The Morgan fingerprint density at radius 2 is 0.792 bits per heavy atom. The topological polar surface area (TPSA) is 3.24 Å². The number of nitrogens with zero attached hydrogens (tertiary/aromatic N) is 1. The summed E-state index contributed by atoms with van der Waals surface area (Å²) < 4.78 is 0. The van der Waals surface area contributed by atoms with E-state index >= 15 is 0 Å². The molecule has 0 aliphatic carbocycles. The third-order valence-electron chi connectivity index (χ3n) is 10.6. The molecule has 1 nitrogen and oxygen atoms in total. The Bertz CT molecular complexity index is 2930. The SMILES string of the molecule is c1ccc(-c2ccc(N(c3cccc(-c4ccccc4)c3)c3ccc(-c4cc5c6ccccc6ccc5c5ccccc45)c4ccccc34)cc2)cc1. The lowest BCUT2D eigenvalue weighted by Crippen LogP contribution is -2.10. The Hall–Kier alpha value is -6.96. The maximum absolute atomic E-state index is 2.42. The van der Waals surface area contributed by atoms with Gasteiger partial charge in [-0.2, -0.15) is 0 Å². The first-order valence-corrected chi connectivity index (χ1v) is 18.3. The normalized spacial score (nSPS) is 11.4. The Morgan fingerprint density at radius 1 is 0.245 bits per heavy atom. The van der Waals surface area contributed by atoms with Crippen molar-refractivity contribution in [2.45, 2.75) is 0 Å². The summed E-state index contributed by atoms with van der Waals surface area (Å²) in [6.07, 6.45) is 0. The van der Waals surface area contributed by atoms with Crippen LogP contribution in [0.2, 0.25) is 0 Å². The van der Waals surface area contributed by atoms with Crippen molar-refractivity contribution in [2.75, 3.05) is 4.90 Å². The molecule has 10 rings (SSSR count). The average molecular weight is 674 g/mol. The molecular formula is C52H35N. The molecule has 10 aromatic rings. The smallest absolute Gasteiger partial charge is 0.0540 e. The van der Waals surface area contributed by atoms with Gasteiger partial charge in [0.05, 0.1) is 5.69 Å². The molecule has 0 aliphatic heterocycles. The molecule has 0 atom stereocenters. The van der Waals surface area contributed by atoms with Crippen LogP contribution in [-0.4, -0.2) is 0 Å². The van der Waals surface area contributed by atoms with E-state index < -0.39 is 0 Å². The summed E-state index contributed by atoms with van der Waals surface area (Å²) >= 11 is 0. The molecule has 0 N–H and O–H groups in total. The van der Waals surface area contributed by atoms with Gasteiger partial charge >= 0.3 is 0 Å². The van der Waals surface area contributed by atoms with E-state index in [1.165, 1.54) is 76.5 Å². The molecule has 0 fully saturated rings. The minimum Gasteiger partial charge on any atom is -0.310 e. The molecule has 0 aliphatic rings. The highest BCUT2D eigenvalue weighted by atomic mass is 15.1. The maximum atomic E-state index is 2.42. The van der Waals surface area contributed by atoms with Gasteiger partial charge in [-0.1, -0.05) is 176 Å². The fourth-order valence-electron chi connectivity index (χ4n) is 8.11. The molecule has 0 amide bonds. The van der Waals surface area contributed by atoms with Gasteiger partial charge in [-0.15, -0.1) is 0 Å². The monoisotopic (exact) mass is 673 g/mol. The van der Waals surface area contributed by atoms with Crippen molar-refractivity contribution in [1.29, 1.82) is 0 Å². The Morgan fingerprint density at radius 3 is 1.53 bits per heavy atom. The molecule has 1 heteroatoms. The van der Waals surface area contributed by atoms with Crippen molar-refractivity contribution in [2.24, 2.45) is 0 Å². The quantitative estimate of drug-likeness (QED) is 0.159. The predicted octanol–water partition coefficient (Wildman–Crippen LogP) is 14.8. The minimum atomic E-state index is 1.11. The summed E-state index contributed by atoms with van der Waals surface area (Å²) in [6, 6.07) is 77.2. The van der Waals surface area contributed by atoms with E-state index in [0.717, 1.165) is 17.1 Å². The molecular weight excluding hydrogens is 639 g/mol. The van der Waals surface area contributed by atoms with Crippen LogP contribution >= 0.6 is 0 Å². The zero-order valence-corrected chi connectivity index (χ0v) is 29.2. The largest absolute Gasteiger partial charge is 0.310 e. The summed E-state index contributed by atoms with van der Waals surface area (Å²) in [4.78, 5) is 2.42. The molecule has 0 saturated carbocycles. The lowest BCUT2D eigenvalue weighted by molar-refractivity contribution is 1.30. The number of fused-ring (bicyclic) bond motifs is 6. The molecule has 0 bridgehead atoms. The van der Waals surface area contributed by atoms with E-state index in [1.807, 2.05) is 0 Å². The van der Waals surface area contributed by atoms with Crippen LogP contribution < -0.4 is 4.90 Å². The second-order valence-electron chi connectivity index (χ2n) is 13.7. The molecule has 0 radical (unpaired) electrons. The highest BCUT2D eigenvalue weighted by Gasteiger charge is 2.20. The van der Waals surface area contributed by atoms with Crippen molar-refractivity contribution >= 4 is 60.2 Å². The highest BCUT2D eigenvalue weighted by Crippen LogP contribution is 2.45. The first-order valence-electron chi connectivity index (χ1n) is 18.3. The van der Waals surface area contributed by atoms with E-state index in [9.17, 15) is 0 Å². The molecule has 0 heterocycles. The minimum absolute atomic E-state index is 1.11.